The molecule has 0 aliphatic rings. The van der Waals surface area contributed by atoms with Gasteiger partial charge in [-0.05, 0) is 62.7 Å². The average molecular weight is 403 g/mol. The molecule has 0 bridgehead atoms. The van der Waals surface area contributed by atoms with Crippen molar-refractivity contribution in [3.63, 3.8) is 0 Å². The van der Waals surface area contributed by atoms with Gasteiger partial charge in [-0.1, -0.05) is 17.7 Å². The largest absolute Gasteiger partial charge is 0.379 e. The molecular formula is C19H21N3O5S. The number of carbonyl (C=O) groups excluding carboxylic acids is 2. The van der Waals surface area contributed by atoms with Crippen molar-refractivity contribution in [2.24, 2.45) is 5.10 Å². The van der Waals surface area contributed by atoms with Gasteiger partial charge < -0.3 is 9.50 Å². The lowest BCUT2D eigenvalue weighted by Gasteiger charge is -2.07. The Kier molecular flexibility index (Phi) is 6.89. The summed E-state index contributed by atoms with van der Waals surface area (Å²) in [5.41, 5.74) is 3.62. The molecule has 2 rings (SSSR count). The molecule has 2 amide bonds. The van der Waals surface area contributed by atoms with E-state index in [0.29, 0.717) is 5.56 Å². The number of hydrogen-bond donors (Lipinski definition) is 2. The molecule has 0 heterocycles. The second-order valence-electron chi connectivity index (χ2n) is 6.25. The van der Waals surface area contributed by atoms with Crippen LogP contribution in [0.25, 0.3) is 0 Å². The van der Waals surface area contributed by atoms with Crippen LogP contribution in [0, 0.1) is 6.92 Å². The van der Waals surface area contributed by atoms with Crippen molar-refractivity contribution >= 4 is 28.1 Å². The molecule has 8 nitrogen and oxygen atoms in total. The van der Waals surface area contributed by atoms with Gasteiger partial charge in [0.05, 0.1) is 6.21 Å². The standard InChI is InChI=1S/C19H21N3O5S/c1-13(2)21-18(23)19(24)22-20-12-15-6-8-16(9-7-15)27-28(25,26)17-10-4-14(3)5-11-17/h4-13H,1-3H3,(H,21,23)(H,22,24)/b20-12-. The van der Waals surface area contributed by atoms with E-state index >= 15 is 0 Å². The maximum Gasteiger partial charge on any atom is 0.339 e. The van der Waals surface area contributed by atoms with Gasteiger partial charge in [-0.25, -0.2) is 5.43 Å². The predicted molar refractivity (Wildman–Crippen MR) is 104 cm³/mol. The van der Waals surface area contributed by atoms with E-state index in [2.05, 4.69) is 15.8 Å². The lowest BCUT2D eigenvalue weighted by molar-refractivity contribution is -0.139. The second kappa shape index (κ2) is 9.14. The number of carbonyl (C=O) groups is 2. The van der Waals surface area contributed by atoms with Crippen LogP contribution in [0.1, 0.15) is 25.0 Å². The first kappa shape index (κ1) is 21.1. The van der Waals surface area contributed by atoms with Crippen LogP contribution in [-0.4, -0.2) is 32.5 Å². The number of nitrogens with zero attached hydrogens (tertiary/aromatic N) is 1. The number of nitrogens with one attached hydrogen (secondary N) is 2. The minimum Gasteiger partial charge on any atom is -0.379 e. The molecule has 0 unspecified atom stereocenters. The Hall–Kier alpha value is -3.20. The Morgan fingerprint density at radius 1 is 1.00 bits per heavy atom. The summed E-state index contributed by atoms with van der Waals surface area (Å²) in [7, 11) is -3.93. The molecule has 0 fully saturated rings. The van der Waals surface area contributed by atoms with Gasteiger partial charge in [0, 0.05) is 6.04 Å². The van der Waals surface area contributed by atoms with Gasteiger partial charge in [0.25, 0.3) is 0 Å². The highest BCUT2D eigenvalue weighted by Gasteiger charge is 2.16. The van der Waals surface area contributed by atoms with E-state index < -0.39 is 21.9 Å². The van der Waals surface area contributed by atoms with Crippen molar-refractivity contribution in [1.29, 1.82) is 0 Å². The van der Waals surface area contributed by atoms with Gasteiger partial charge >= 0.3 is 21.9 Å². The van der Waals surface area contributed by atoms with E-state index in [9.17, 15) is 18.0 Å². The number of hydrogen-bond acceptors (Lipinski definition) is 6. The molecule has 0 aromatic heterocycles. The number of aryl methyl sites for hydroxylation is 1. The molecule has 0 atom stereocenters. The molecule has 9 heteroatoms. The van der Waals surface area contributed by atoms with Crippen LogP contribution >= 0.6 is 0 Å². The molecule has 2 N–H and O–H groups in total. The van der Waals surface area contributed by atoms with Crippen molar-refractivity contribution in [3.8, 4) is 5.75 Å². The third kappa shape index (κ3) is 6.20. The van der Waals surface area contributed by atoms with E-state index in [-0.39, 0.29) is 16.7 Å². The average Bonchev–Trinajstić information content (AvgIpc) is 2.62. The van der Waals surface area contributed by atoms with E-state index in [1.165, 1.54) is 30.5 Å². The minimum absolute atomic E-state index is 0.0612. The lowest BCUT2D eigenvalue weighted by Crippen LogP contribution is -2.41. The van der Waals surface area contributed by atoms with E-state index in [1.807, 2.05) is 6.92 Å². The fraction of sp³-hybridized carbons (Fsp3) is 0.211. The quantitative estimate of drug-likeness (QED) is 0.330. The highest BCUT2D eigenvalue weighted by molar-refractivity contribution is 7.87. The topological polar surface area (TPSA) is 114 Å². The summed E-state index contributed by atoms with van der Waals surface area (Å²) in [6, 6.07) is 12.2. The molecule has 0 aliphatic carbocycles. The third-order valence-electron chi connectivity index (χ3n) is 3.40. The van der Waals surface area contributed by atoms with Gasteiger partial charge in [-0.15, -0.1) is 0 Å². The first-order chi connectivity index (χ1) is 13.2. The van der Waals surface area contributed by atoms with Gasteiger partial charge in [0.15, 0.2) is 0 Å². The van der Waals surface area contributed by atoms with Crippen LogP contribution in [0.3, 0.4) is 0 Å². The summed E-state index contributed by atoms with van der Waals surface area (Å²) < 4.78 is 29.6. The molecule has 0 radical (unpaired) electrons. The van der Waals surface area contributed by atoms with Crippen molar-refractivity contribution in [1.82, 2.24) is 10.7 Å². The zero-order valence-electron chi connectivity index (χ0n) is 15.7. The van der Waals surface area contributed by atoms with Gasteiger partial charge in [-0.2, -0.15) is 13.5 Å². The maximum absolute atomic E-state index is 12.3. The number of hydrazone groups is 1. The zero-order chi connectivity index (χ0) is 20.7. The van der Waals surface area contributed by atoms with E-state index in [1.54, 1.807) is 38.1 Å². The van der Waals surface area contributed by atoms with Gasteiger partial charge in [-0.3, -0.25) is 9.59 Å². The highest BCUT2D eigenvalue weighted by Crippen LogP contribution is 2.19. The van der Waals surface area contributed by atoms with Crippen LogP contribution < -0.4 is 14.9 Å². The van der Waals surface area contributed by atoms with E-state index in [0.717, 1.165) is 5.56 Å². The van der Waals surface area contributed by atoms with Crippen molar-refractivity contribution in [2.45, 2.75) is 31.7 Å². The Labute approximate surface area is 163 Å². The molecule has 0 saturated heterocycles. The zero-order valence-corrected chi connectivity index (χ0v) is 16.5. The smallest absolute Gasteiger partial charge is 0.339 e. The summed E-state index contributed by atoms with van der Waals surface area (Å²) in [6.07, 6.45) is 1.32. The highest BCUT2D eigenvalue weighted by atomic mass is 32.2. The molecule has 2 aromatic carbocycles. The molecule has 0 aliphatic heterocycles. The van der Waals surface area contributed by atoms with Crippen LogP contribution in [-0.2, 0) is 19.7 Å². The van der Waals surface area contributed by atoms with Gasteiger partial charge in [0.1, 0.15) is 10.6 Å². The molecule has 148 valence electrons. The second-order valence-corrected chi connectivity index (χ2v) is 7.79. The molecular weight excluding hydrogens is 382 g/mol. The van der Waals surface area contributed by atoms with Crippen molar-refractivity contribution in [3.05, 3.63) is 59.7 Å². The minimum atomic E-state index is -3.93. The number of benzene rings is 2. The van der Waals surface area contributed by atoms with Crippen molar-refractivity contribution < 1.29 is 22.2 Å². The van der Waals surface area contributed by atoms with Crippen LogP contribution in [0.5, 0.6) is 5.75 Å². The number of amides is 2. The lowest BCUT2D eigenvalue weighted by atomic mass is 10.2. The normalized spacial score (nSPS) is 11.4. The summed E-state index contributed by atoms with van der Waals surface area (Å²) >= 11 is 0. The number of rotatable bonds is 6. The molecule has 0 spiro atoms. The van der Waals surface area contributed by atoms with E-state index in [4.69, 9.17) is 4.18 Å². The molecule has 28 heavy (non-hydrogen) atoms. The monoisotopic (exact) mass is 403 g/mol. The summed E-state index contributed by atoms with van der Waals surface area (Å²) in [6.45, 7) is 5.32. The summed E-state index contributed by atoms with van der Waals surface area (Å²) in [4.78, 5) is 23.0. The van der Waals surface area contributed by atoms with Crippen molar-refractivity contribution in [2.75, 3.05) is 0 Å². The fourth-order valence-corrected chi connectivity index (χ4v) is 2.96. The Morgan fingerprint density at radius 2 is 1.61 bits per heavy atom. The van der Waals surface area contributed by atoms with Crippen LogP contribution in [0.2, 0.25) is 0 Å². The van der Waals surface area contributed by atoms with Crippen LogP contribution in [0.15, 0.2) is 58.5 Å². The predicted octanol–water partition coefficient (Wildman–Crippen LogP) is 1.74. The maximum atomic E-state index is 12.3. The van der Waals surface area contributed by atoms with Crippen LogP contribution in [0.4, 0.5) is 0 Å². The molecule has 2 aromatic rings. The Bertz CT molecular complexity index is 966. The fourth-order valence-electron chi connectivity index (χ4n) is 2.03. The SMILES string of the molecule is Cc1ccc(S(=O)(=O)Oc2ccc(/C=N\NC(=O)C(=O)NC(C)C)cc2)cc1. The van der Waals surface area contributed by atoms with Gasteiger partial charge in [0.2, 0.25) is 0 Å². The first-order valence-corrected chi connectivity index (χ1v) is 9.83. The molecule has 0 saturated carbocycles. The first-order valence-electron chi connectivity index (χ1n) is 8.42. The third-order valence-corrected chi connectivity index (χ3v) is 4.66. The Balaban J connectivity index is 1.97. The Morgan fingerprint density at radius 3 is 2.18 bits per heavy atom. The summed E-state index contributed by atoms with van der Waals surface area (Å²) in [5.74, 6) is -1.52. The summed E-state index contributed by atoms with van der Waals surface area (Å²) in [5, 5.41) is 6.12.